The zero-order valence-electron chi connectivity index (χ0n) is 7.64. The van der Waals surface area contributed by atoms with E-state index in [9.17, 15) is 0 Å². The highest BCUT2D eigenvalue weighted by atomic mass is 15.0. The highest BCUT2D eigenvalue weighted by molar-refractivity contribution is 4.97. The van der Waals surface area contributed by atoms with Gasteiger partial charge >= 0.3 is 0 Å². The van der Waals surface area contributed by atoms with Crippen LogP contribution in [0.5, 0.6) is 0 Å². The van der Waals surface area contributed by atoms with Crippen LogP contribution in [-0.4, -0.2) is 12.1 Å². The van der Waals surface area contributed by atoms with Crippen molar-refractivity contribution < 1.29 is 0 Å². The molecule has 1 heteroatoms. The van der Waals surface area contributed by atoms with Crippen molar-refractivity contribution in [2.75, 3.05) is 0 Å². The maximum Gasteiger partial charge on any atom is 0.0253 e. The molecule has 1 aliphatic rings. The van der Waals surface area contributed by atoms with Crippen molar-refractivity contribution in [2.45, 2.75) is 51.6 Å². The van der Waals surface area contributed by atoms with Crippen molar-refractivity contribution >= 4 is 0 Å². The van der Waals surface area contributed by atoms with Crippen molar-refractivity contribution in [1.82, 2.24) is 5.32 Å². The largest absolute Gasteiger partial charge is 0.308 e. The van der Waals surface area contributed by atoms with Crippen LogP contribution in [0, 0.1) is 0 Å². The van der Waals surface area contributed by atoms with Crippen LogP contribution in [-0.2, 0) is 0 Å². The highest BCUT2D eigenvalue weighted by Gasteiger charge is 2.16. The van der Waals surface area contributed by atoms with Gasteiger partial charge in [0.2, 0.25) is 0 Å². The molecule has 1 nitrogen and oxygen atoms in total. The second-order valence-corrected chi connectivity index (χ2v) is 3.47. The lowest BCUT2D eigenvalue weighted by atomic mass is 10.2. The van der Waals surface area contributed by atoms with Gasteiger partial charge in [-0.1, -0.05) is 25.5 Å². The predicted molar refractivity (Wildman–Crippen MR) is 49.7 cm³/mol. The lowest BCUT2D eigenvalue weighted by Gasteiger charge is -2.04. The van der Waals surface area contributed by atoms with Crippen molar-refractivity contribution in [1.29, 1.82) is 0 Å². The van der Waals surface area contributed by atoms with E-state index in [4.69, 9.17) is 0 Å². The summed E-state index contributed by atoms with van der Waals surface area (Å²) in [5.41, 5.74) is 0. The van der Waals surface area contributed by atoms with Gasteiger partial charge in [0.15, 0.2) is 0 Å². The Morgan fingerprint density at radius 3 is 2.82 bits per heavy atom. The summed E-state index contributed by atoms with van der Waals surface area (Å²) in [5, 5.41) is 3.53. The predicted octanol–water partition coefficient (Wildman–Crippen LogP) is 2.48. The van der Waals surface area contributed by atoms with E-state index in [0.717, 1.165) is 6.04 Å². The molecule has 0 aromatic heterocycles. The molecule has 11 heavy (non-hydrogen) atoms. The van der Waals surface area contributed by atoms with Gasteiger partial charge in [-0.3, -0.25) is 0 Å². The van der Waals surface area contributed by atoms with E-state index in [1.54, 1.807) is 0 Å². The average molecular weight is 153 g/mol. The molecule has 0 bridgehead atoms. The van der Waals surface area contributed by atoms with E-state index < -0.39 is 0 Å². The molecule has 1 saturated heterocycles. The third-order valence-corrected chi connectivity index (χ3v) is 2.23. The second-order valence-electron chi connectivity index (χ2n) is 3.47. The van der Waals surface area contributed by atoms with Crippen molar-refractivity contribution in [3.05, 3.63) is 12.2 Å². The Morgan fingerprint density at radius 2 is 2.27 bits per heavy atom. The maximum absolute atomic E-state index is 3.53. The first kappa shape index (κ1) is 8.79. The zero-order valence-corrected chi connectivity index (χ0v) is 7.64. The monoisotopic (exact) mass is 153 g/mol. The van der Waals surface area contributed by atoms with Crippen molar-refractivity contribution in [2.24, 2.45) is 0 Å². The maximum atomic E-state index is 3.53. The van der Waals surface area contributed by atoms with E-state index in [1.165, 1.54) is 25.7 Å². The van der Waals surface area contributed by atoms with Gasteiger partial charge in [0.05, 0.1) is 0 Å². The minimum atomic E-state index is 0.663. The molecule has 1 aliphatic heterocycles. The first-order valence-electron chi connectivity index (χ1n) is 4.75. The second kappa shape index (κ2) is 4.55. The van der Waals surface area contributed by atoms with Gasteiger partial charge in [0, 0.05) is 12.1 Å². The Bertz CT molecular complexity index is 129. The Kier molecular flexibility index (Phi) is 3.64. The molecule has 0 aliphatic carbocycles. The third-order valence-electron chi connectivity index (χ3n) is 2.23. The summed E-state index contributed by atoms with van der Waals surface area (Å²) in [6.07, 6.45) is 9.77. The van der Waals surface area contributed by atoms with Crippen LogP contribution in [0.2, 0.25) is 0 Å². The van der Waals surface area contributed by atoms with Crippen LogP contribution >= 0.6 is 0 Å². The minimum Gasteiger partial charge on any atom is -0.308 e. The van der Waals surface area contributed by atoms with Gasteiger partial charge in [0.1, 0.15) is 0 Å². The normalized spacial score (nSPS) is 31.8. The molecular weight excluding hydrogens is 134 g/mol. The summed E-state index contributed by atoms with van der Waals surface area (Å²) in [6.45, 7) is 4.47. The Morgan fingerprint density at radius 1 is 1.45 bits per heavy atom. The minimum absolute atomic E-state index is 0.663. The lowest BCUT2D eigenvalue weighted by molar-refractivity contribution is 0.626. The summed E-state index contributed by atoms with van der Waals surface area (Å²) in [7, 11) is 0. The topological polar surface area (TPSA) is 12.0 Å². The molecule has 0 unspecified atom stereocenters. The van der Waals surface area contributed by atoms with Gasteiger partial charge in [-0.25, -0.2) is 0 Å². The molecule has 2 atom stereocenters. The average Bonchev–Trinajstić information content (AvgIpc) is 2.37. The molecule has 1 heterocycles. The van der Waals surface area contributed by atoms with Crippen LogP contribution in [0.3, 0.4) is 0 Å². The van der Waals surface area contributed by atoms with E-state index in [2.05, 4.69) is 31.3 Å². The number of hydrogen-bond acceptors (Lipinski definition) is 1. The van der Waals surface area contributed by atoms with E-state index in [0.29, 0.717) is 6.04 Å². The Balaban J connectivity index is 2.17. The van der Waals surface area contributed by atoms with Crippen LogP contribution in [0.25, 0.3) is 0 Å². The molecule has 1 rings (SSSR count). The van der Waals surface area contributed by atoms with Gasteiger partial charge in [0.25, 0.3) is 0 Å². The molecule has 1 N–H and O–H groups in total. The summed E-state index contributed by atoms with van der Waals surface area (Å²) in [4.78, 5) is 0. The SMILES string of the molecule is CCC/C=C/[C@H]1CC[C@H](C)N1. The van der Waals surface area contributed by atoms with E-state index in [-0.39, 0.29) is 0 Å². The quantitative estimate of drug-likeness (QED) is 0.614. The zero-order chi connectivity index (χ0) is 8.10. The fraction of sp³-hybridized carbons (Fsp3) is 0.800. The molecule has 0 aromatic rings. The first-order valence-corrected chi connectivity index (χ1v) is 4.75. The number of hydrogen-bond donors (Lipinski definition) is 1. The van der Waals surface area contributed by atoms with Crippen LogP contribution in [0.15, 0.2) is 12.2 Å². The van der Waals surface area contributed by atoms with Crippen LogP contribution < -0.4 is 5.32 Å². The Hall–Kier alpha value is -0.300. The fourth-order valence-electron chi connectivity index (χ4n) is 1.54. The molecular formula is C10H19N. The van der Waals surface area contributed by atoms with Gasteiger partial charge < -0.3 is 5.32 Å². The molecule has 0 amide bonds. The molecule has 0 saturated carbocycles. The number of allylic oxidation sites excluding steroid dienone is 1. The molecule has 1 fully saturated rings. The van der Waals surface area contributed by atoms with Gasteiger partial charge in [-0.2, -0.15) is 0 Å². The van der Waals surface area contributed by atoms with Crippen LogP contribution in [0.4, 0.5) is 0 Å². The van der Waals surface area contributed by atoms with Crippen LogP contribution in [0.1, 0.15) is 39.5 Å². The van der Waals surface area contributed by atoms with E-state index >= 15 is 0 Å². The lowest BCUT2D eigenvalue weighted by Crippen LogP contribution is -2.25. The first-order chi connectivity index (χ1) is 5.33. The standard InChI is InChI=1S/C10H19N/c1-3-4-5-6-10-8-7-9(2)11-10/h5-6,9-11H,3-4,7-8H2,1-2H3/b6-5+/t9-,10-/m0/s1. The smallest absolute Gasteiger partial charge is 0.0253 e. The number of unbranched alkanes of at least 4 members (excludes halogenated alkanes) is 1. The third kappa shape index (κ3) is 3.06. The van der Waals surface area contributed by atoms with Gasteiger partial charge in [-0.15, -0.1) is 0 Å². The molecule has 64 valence electrons. The molecule has 0 spiro atoms. The van der Waals surface area contributed by atoms with Crippen molar-refractivity contribution in [3.8, 4) is 0 Å². The number of nitrogens with one attached hydrogen (secondary N) is 1. The fourth-order valence-corrected chi connectivity index (χ4v) is 1.54. The summed E-state index contributed by atoms with van der Waals surface area (Å²) in [6, 6.07) is 1.39. The van der Waals surface area contributed by atoms with E-state index in [1.807, 2.05) is 0 Å². The van der Waals surface area contributed by atoms with Crippen molar-refractivity contribution in [3.63, 3.8) is 0 Å². The Labute approximate surface area is 69.9 Å². The summed E-state index contributed by atoms with van der Waals surface area (Å²) < 4.78 is 0. The highest BCUT2D eigenvalue weighted by Crippen LogP contribution is 2.12. The van der Waals surface area contributed by atoms with Gasteiger partial charge in [-0.05, 0) is 26.2 Å². The summed E-state index contributed by atoms with van der Waals surface area (Å²) in [5.74, 6) is 0. The molecule has 0 aromatic carbocycles. The number of rotatable bonds is 3. The summed E-state index contributed by atoms with van der Waals surface area (Å²) >= 11 is 0. The molecule has 0 radical (unpaired) electrons.